The van der Waals surface area contributed by atoms with Crippen LogP contribution in [0.5, 0.6) is 0 Å². The molecule has 2 amide bonds. The Morgan fingerprint density at radius 1 is 1.25 bits per heavy atom. The third kappa shape index (κ3) is 4.20. The molecule has 0 aromatic carbocycles. The molecule has 24 heavy (non-hydrogen) atoms. The summed E-state index contributed by atoms with van der Waals surface area (Å²) in [6, 6.07) is 9.68. The van der Waals surface area contributed by atoms with Gasteiger partial charge in [0, 0.05) is 40.2 Å². The van der Waals surface area contributed by atoms with Crippen LogP contribution in [0, 0.1) is 19.8 Å². The molecule has 2 aromatic rings. The topological polar surface area (TPSA) is 71.1 Å². The van der Waals surface area contributed by atoms with Crippen molar-refractivity contribution in [3.8, 4) is 0 Å². The normalized spacial score (nSPS) is 18.9. The van der Waals surface area contributed by atoms with Gasteiger partial charge in [0.05, 0.1) is 0 Å². The summed E-state index contributed by atoms with van der Waals surface area (Å²) in [5.41, 5.74) is 0.852. The summed E-state index contributed by atoms with van der Waals surface area (Å²) in [5, 5.41) is 5.60. The van der Waals surface area contributed by atoms with Crippen LogP contribution in [0.1, 0.15) is 34.2 Å². The first kappa shape index (κ1) is 16.6. The Morgan fingerprint density at radius 3 is 2.79 bits per heavy atom. The molecule has 1 fully saturated rings. The number of aromatic nitrogens is 1. The fourth-order valence-corrected chi connectivity index (χ4v) is 3.76. The van der Waals surface area contributed by atoms with E-state index in [4.69, 9.17) is 0 Å². The summed E-state index contributed by atoms with van der Waals surface area (Å²) >= 11 is 1.76. The van der Waals surface area contributed by atoms with E-state index in [-0.39, 0.29) is 24.2 Å². The maximum atomic E-state index is 12.1. The van der Waals surface area contributed by atoms with Gasteiger partial charge in [-0.1, -0.05) is 6.07 Å². The zero-order valence-electron chi connectivity index (χ0n) is 13.8. The van der Waals surface area contributed by atoms with Crippen molar-refractivity contribution in [2.45, 2.75) is 32.6 Å². The van der Waals surface area contributed by atoms with Crippen LogP contribution < -0.4 is 10.6 Å². The van der Waals surface area contributed by atoms with Crippen LogP contribution in [0.3, 0.4) is 0 Å². The van der Waals surface area contributed by atoms with E-state index in [0.29, 0.717) is 18.3 Å². The molecular formula is C18H21N3O2S. The van der Waals surface area contributed by atoms with Crippen LogP contribution in [0.2, 0.25) is 0 Å². The minimum Gasteiger partial charge on any atom is -0.355 e. The monoisotopic (exact) mass is 343 g/mol. The second kappa shape index (κ2) is 7.13. The largest absolute Gasteiger partial charge is 0.355 e. The number of anilines is 1. The van der Waals surface area contributed by atoms with E-state index in [9.17, 15) is 9.59 Å². The van der Waals surface area contributed by atoms with Gasteiger partial charge in [0.1, 0.15) is 5.82 Å². The molecule has 1 saturated carbocycles. The van der Waals surface area contributed by atoms with Gasteiger partial charge >= 0.3 is 0 Å². The number of carbonyl (C=O) groups excluding carboxylic acids is 2. The zero-order chi connectivity index (χ0) is 17.1. The quantitative estimate of drug-likeness (QED) is 0.847. The number of pyridine rings is 1. The Labute approximate surface area is 145 Å². The number of amides is 2. The third-order valence-electron chi connectivity index (χ3n) is 4.06. The van der Waals surface area contributed by atoms with E-state index in [2.05, 4.69) is 34.7 Å². The number of hydrogen-bond acceptors (Lipinski definition) is 4. The van der Waals surface area contributed by atoms with E-state index < -0.39 is 0 Å². The molecule has 126 valence electrons. The van der Waals surface area contributed by atoms with Crippen molar-refractivity contribution in [1.29, 1.82) is 0 Å². The molecule has 1 aliphatic carbocycles. The van der Waals surface area contributed by atoms with Crippen LogP contribution in [0.15, 0.2) is 30.3 Å². The Kier molecular flexibility index (Phi) is 4.94. The van der Waals surface area contributed by atoms with Gasteiger partial charge in [-0.25, -0.2) is 4.98 Å². The summed E-state index contributed by atoms with van der Waals surface area (Å²) in [6.07, 6.45) is 1.15. The molecule has 2 atom stereocenters. The van der Waals surface area contributed by atoms with E-state index in [1.807, 2.05) is 19.1 Å². The third-order valence-corrected chi connectivity index (χ3v) is 5.19. The van der Waals surface area contributed by atoms with Gasteiger partial charge in [-0.15, -0.1) is 11.3 Å². The maximum Gasteiger partial charge on any atom is 0.227 e. The highest BCUT2D eigenvalue weighted by Gasteiger charge is 2.44. The number of thiophene rings is 1. The van der Waals surface area contributed by atoms with Crippen molar-refractivity contribution in [3.63, 3.8) is 0 Å². The summed E-state index contributed by atoms with van der Waals surface area (Å²) < 4.78 is 0. The van der Waals surface area contributed by atoms with Crippen LogP contribution in [-0.4, -0.2) is 23.3 Å². The molecule has 2 aromatic heterocycles. The molecular weight excluding hydrogens is 322 g/mol. The number of hydrogen-bond donors (Lipinski definition) is 2. The number of nitrogens with one attached hydrogen (secondary N) is 2. The van der Waals surface area contributed by atoms with Gasteiger partial charge in [0.25, 0.3) is 0 Å². The molecule has 0 saturated heterocycles. The van der Waals surface area contributed by atoms with Crippen molar-refractivity contribution >= 4 is 29.0 Å². The lowest BCUT2D eigenvalue weighted by Gasteiger charge is -2.06. The fourth-order valence-electron chi connectivity index (χ4n) is 2.70. The van der Waals surface area contributed by atoms with Crippen LogP contribution in [-0.2, 0) is 9.59 Å². The van der Waals surface area contributed by atoms with Crippen molar-refractivity contribution < 1.29 is 9.59 Å². The molecule has 2 N–H and O–H groups in total. The van der Waals surface area contributed by atoms with Gasteiger partial charge in [0.2, 0.25) is 11.8 Å². The van der Waals surface area contributed by atoms with Crippen LogP contribution in [0.4, 0.5) is 5.82 Å². The summed E-state index contributed by atoms with van der Waals surface area (Å²) in [6.45, 7) is 4.30. The van der Waals surface area contributed by atoms with Gasteiger partial charge in [-0.05, 0) is 44.5 Å². The highest BCUT2D eigenvalue weighted by molar-refractivity contribution is 7.12. The standard InChI is InChI=1S/C18H21N3O2S/c1-11-4-3-5-16(20-11)21-17(22)8-9-19-18(23)14-10-13(14)15-7-6-12(2)24-15/h3-7,13-14H,8-10H2,1-2H3,(H,19,23)(H,20,21,22)/t13-,14-/m1/s1. The second-order valence-electron chi connectivity index (χ2n) is 6.15. The molecule has 5 nitrogen and oxygen atoms in total. The van der Waals surface area contributed by atoms with Crippen LogP contribution in [0.25, 0.3) is 0 Å². The lowest BCUT2D eigenvalue weighted by Crippen LogP contribution is -2.29. The average molecular weight is 343 g/mol. The summed E-state index contributed by atoms with van der Waals surface area (Å²) in [4.78, 5) is 30.8. The zero-order valence-corrected chi connectivity index (χ0v) is 14.7. The second-order valence-corrected chi connectivity index (χ2v) is 7.47. The summed E-state index contributed by atoms with van der Waals surface area (Å²) in [7, 11) is 0. The Hall–Kier alpha value is -2.21. The molecule has 3 rings (SSSR count). The highest BCUT2D eigenvalue weighted by atomic mass is 32.1. The molecule has 0 unspecified atom stereocenters. The van der Waals surface area contributed by atoms with E-state index in [1.54, 1.807) is 17.4 Å². The number of nitrogens with zero attached hydrogens (tertiary/aromatic N) is 1. The van der Waals surface area contributed by atoms with E-state index in [0.717, 1.165) is 12.1 Å². The fraction of sp³-hybridized carbons (Fsp3) is 0.389. The predicted molar refractivity (Wildman–Crippen MR) is 95.1 cm³/mol. The predicted octanol–water partition coefficient (Wildman–Crippen LogP) is 3.01. The Bertz CT molecular complexity index is 756. The molecule has 0 radical (unpaired) electrons. The van der Waals surface area contributed by atoms with Crippen LogP contribution >= 0.6 is 11.3 Å². The maximum absolute atomic E-state index is 12.1. The van der Waals surface area contributed by atoms with Gasteiger partial charge in [-0.2, -0.15) is 0 Å². The molecule has 6 heteroatoms. The van der Waals surface area contributed by atoms with Crippen molar-refractivity contribution in [3.05, 3.63) is 45.8 Å². The SMILES string of the molecule is Cc1cccc(NC(=O)CCNC(=O)[C@@H]2C[C@H]2c2ccc(C)s2)n1. The number of carbonyl (C=O) groups is 2. The van der Waals surface area contributed by atoms with Gasteiger partial charge in [-0.3, -0.25) is 9.59 Å². The minimum atomic E-state index is -0.144. The average Bonchev–Trinajstić information content (AvgIpc) is 3.22. The Balaban J connectivity index is 1.39. The molecule has 0 spiro atoms. The molecule has 1 aliphatic rings. The van der Waals surface area contributed by atoms with Crippen molar-refractivity contribution in [1.82, 2.24) is 10.3 Å². The lowest BCUT2D eigenvalue weighted by molar-refractivity contribution is -0.122. The van der Waals surface area contributed by atoms with Gasteiger partial charge < -0.3 is 10.6 Å². The van der Waals surface area contributed by atoms with Crippen molar-refractivity contribution in [2.75, 3.05) is 11.9 Å². The van der Waals surface area contributed by atoms with Crippen molar-refractivity contribution in [2.24, 2.45) is 5.92 Å². The molecule has 0 aliphatic heterocycles. The first-order chi connectivity index (χ1) is 11.5. The highest BCUT2D eigenvalue weighted by Crippen LogP contribution is 2.49. The Morgan fingerprint density at radius 2 is 2.08 bits per heavy atom. The first-order valence-electron chi connectivity index (χ1n) is 8.10. The summed E-state index contributed by atoms with van der Waals surface area (Å²) in [5.74, 6) is 0.863. The molecule has 2 heterocycles. The smallest absolute Gasteiger partial charge is 0.227 e. The number of rotatable bonds is 6. The molecule has 0 bridgehead atoms. The van der Waals surface area contributed by atoms with Gasteiger partial charge in [0.15, 0.2) is 0 Å². The number of aryl methyl sites for hydroxylation is 2. The first-order valence-corrected chi connectivity index (χ1v) is 8.92. The minimum absolute atomic E-state index is 0.0486. The lowest BCUT2D eigenvalue weighted by atomic mass is 10.2. The van der Waals surface area contributed by atoms with E-state index in [1.165, 1.54) is 9.75 Å². The van der Waals surface area contributed by atoms with E-state index >= 15 is 0 Å².